The molecular weight excluding hydrogens is 565 g/mol. The van der Waals surface area contributed by atoms with Crippen LogP contribution in [0.2, 0.25) is 0 Å². The van der Waals surface area contributed by atoms with Crippen molar-refractivity contribution >= 4 is 29.3 Å². The normalized spacial score (nSPS) is 17.5. The van der Waals surface area contributed by atoms with Crippen LogP contribution in [0.3, 0.4) is 0 Å². The van der Waals surface area contributed by atoms with Crippen LogP contribution >= 0.6 is 0 Å². The first-order valence-electron chi connectivity index (χ1n) is 15.9. The van der Waals surface area contributed by atoms with Crippen LogP contribution < -0.4 is 16.0 Å². The summed E-state index contributed by atoms with van der Waals surface area (Å²) in [7, 11) is 2.00. The number of benzene rings is 1. The summed E-state index contributed by atoms with van der Waals surface area (Å²) in [4.78, 5) is 56.0. The number of halogens is 1. The van der Waals surface area contributed by atoms with Crippen LogP contribution in [0, 0.1) is 11.7 Å². The number of rotatable bonds is 12. The number of nitrogens with one attached hydrogen (secondary N) is 3. The molecule has 1 aromatic carbocycles. The Balaban J connectivity index is 1.46. The third-order valence-corrected chi connectivity index (χ3v) is 8.66. The zero-order valence-electron chi connectivity index (χ0n) is 26.1. The predicted molar refractivity (Wildman–Crippen MR) is 165 cm³/mol. The molecule has 2 heterocycles. The van der Waals surface area contributed by atoms with Crippen LogP contribution in [0.15, 0.2) is 30.5 Å². The standard InChI is InChI=1S/C32H46FN7O4/c1-4-29(41)35-27(32(44)39-17-15-38(3)16-18-39)21-23-11-12-25(24(33)19-23)36-30(42)26(20-22-9-7-6-8-10-22)37-31(43)28-13-14-34-40(28)5-2/h11-14,19,22,26-27H,4-10,15-18,20-21H2,1-3H3,(H,35,41)(H,36,42)(H,37,43)/t26-,27+/m0/s1. The largest absolute Gasteiger partial charge is 0.344 e. The van der Waals surface area contributed by atoms with Crippen molar-refractivity contribution in [3.05, 3.63) is 47.5 Å². The van der Waals surface area contributed by atoms with E-state index in [9.17, 15) is 19.2 Å². The Morgan fingerprint density at radius 1 is 0.977 bits per heavy atom. The fourth-order valence-corrected chi connectivity index (χ4v) is 5.98. The molecule has 4 rings (SSSR count). The van der Waals surface area contributed by atoms with Gasteiger partial charge in [-0.25, -0.2) is 4.39 Å². The van der Waals surface area contributed by atoms with Crippen molar-refractivity contribution in [2.45, 2.75) is 83.8 Å². The van der Waals surface area contributed by atoms with E-state index in [1.165, 1.54) is 12.1 Å². The van der Waals surface area contributed by atoms with Crippen molar-refractivity contribution in [2.75, 3.05) is 38.5 Å². The van der Waals surface area contributed by atoms with E-state index in [2.05, 4.69) is 25.9 Å². The van der Waals surface area contributed by atoms with Crippen molar-refractivity contribution in [1.29, 1.82) is 0 Å². The van der Waals surface area contributed by atoms with Gasteiger partial charge in [0.15, 0.2) is 0 Å². The molecule has 0 bridgehead atoms. The predicted octanol–water partition coefficient (Wildman–Crippen LogP) is 2.96. The fraction of sp³-hybridized carbons (Fsp3) is 0.594. The minimum Gasteiger partial charge on any atom is -0.344 e. The van der Waals surface area contributed by atoms with E-state index in [1.807, 2.05) is 14.0 Å². The number of likely N-dealkylation sites (N-methyl/N-ethyl adjacent to an activating group) is 1. The molecule has 2 aromatic rings. The molecule has 0 spiro atoms. The van der Waals surface area contributed by atoms with E-state index in [0.717, 1.165) is 45.2 Å². The minimum absolute atomic E-state index is 0.0141. The molecule has 240 valence electrons. The van der Waals surface area contributed by atoms with Gasteiger partial charge in [-0.2, -0.15) is 5.10 Å². The summed E-state index contributed by atoms with van der Waals surface area (Å²) in [6, 6.07) is 4.34. The van der Waals surface area contributed by atoms with Crippen LogP contribution in [0.1, 0.15) is 74.8 Å². The summed E-state index contributed by atoms with van der Waals surface area (Å²) in [5.41, 5.74) is 0.865. The highest BCUT2D eigenvalue weighted by atomic mass is 19.1. The molecule has 11 nitrogen and oxygen atoms in total. The quantitative estimate of drug-likeness (QED) is 0.339. The summed E-state index contributed by atoms with van der Waals surface area (Å²) in [6.07, 6.45) is 7.66. The lowest BCUT2D eigenvalue weighted by atomic mass is 9.84. The second kappa shape index (κ2) is 15.8. The number of anilines is 1. The first kappa shape index (κ1) is 33.1. The lowest BCUT2D eigenvalue weighted by Crippen LogP contribution is -2.54. The van der Waals surface area contributed by atoms with Crippen molar-refractivity contribution in [1.82, 2.24) is 30.2 Å². The van der Waals surface area contributed by atoms with Crippen LogP contribution in [-0.2, 0) is 27.3 Å². The monoisotopic (exact) mass is 611 g/mol. The minimum atomic E-state index is -0.847. The first-order chi connectivity index (χ1) is 21.2. The molecule has 4 amide bonds. The van der Waals surface area contributed by atoms with E-state index in [0.29, 0.717) is 37.3 Å². The molecule has 1 aliphatic heterocycles. The summed E-state index contributed by atoms with van der Waals surface area (Å²) in [6.45, 7) is 6.72. The third kappa shape index (κ3) is 8.87. The van der Waals surface area contributed by atoms with Gasteiger partial charge in [-0.15, -0.1) is 0 Å². The van der Waals surface area contributed by atoms with Crippen LogP contribution in [0.5, 0.6) is 0 Å². The lowest BCUT2D eigenvalue weighted by molar-refractivity contribution is -0.137. The van der Waals surface area contributed by atoms with Gasteiger partial charge in [0, 0.05) is 51.8 Å². The van der Waals surface area contributed by atoms with Crippen molar-refractivity contribution in [3.8, 4) is 0 Å². The number of nitrogens with zero attached hydrogens (tertiary/aromatic N) is 4. The maximum absolute atomic E-state index is 15.4. The summed E-state index contributed by atoms with van der Waals surface area (Å²) >= 11 is 0. The number of amides is 4. The SMILES string of the molecule is CCC(=O)N[C@H](Cc1ccc(NC(=O)[C@H](CC2CCCCC2)NC(=O)c2ccnn2CC)c(F)c1)C(=O)N1CCN(C)CC1. The van der Waals surface area contributed by atoms with Gasteiger partial charge in [0.05, 0.1) is 5.69 Å². The molecule has 1 aliphatic carbocycles. The maximum Gasteiger partial charge on any atom is 0.270 e. The van der Waals surface area contributed by atoms with E-state index < -0.39 is 29.7 Å². The number of hydrogen-bond acceptors (Lipinski definition) is 6. The van der Waals surface area contributed by atoms with Crippen molar-refractivity contribution in [3.63, 3.8) is 0 Å². The van der Waals surface area contributed by atoms with Gasteiger partial charge in [-0.05, 0) is 50.1 Å². The molecular formula is C32H46FN7O4. The second-order valence-electron chi connectivity index (χ2n) is 11.9. The van der Waals surface area contributed by atoms with E-state index in [4.69, 9.17) is 0 Å². The van der Waals surface area contributed by atoms with Gasteiger partial charge in [0.2, 0.25) is 17.7 Å². The first-order valence-corrected chi connectivity index (χ1v) is 15.9. The maximum atomic E-state index is 15.4. The highest BCUT2D eigenvalue weighted by Crippen LogP contribution is 2.28. The average Bonchev–Trinajstić information content (AvgIpc) is 3.51. The molecule has 3 N–H and O–H groups in total. The van der Waals surface area contributed by atoms with Gasteiger partial charge in [0.1, 0.15) is 23.6 Å². The Labute approximate surface area is 258 Å². The van der Waals surface area contributed by atoms with Gasteiger partial charge in [-0.1, -0.05) is 45.1 Å². The molecule has 2 atom stereocenters. The van der Waals surface area contributed by atoms with Gasteiger partial charge in [-0.3, -0.25) is 23.9 Å². The number of piperazine rings is 1. The number of aryl methyl sites for hydroxylation is 1. The number of aromatic nitrogens is 2. The molecule has 0 unspecified atom stereocenters. The lowest BCUT2D eigenvalue weighted by Gasteiger charge is -2.34. The Morgan fingerprint density at radius 2 is 1.70 bits per heavy atom. The Morgan fingerprint density at radius 3 is 2.36 bits per heavy atom. The Kier molecular flexibility index (Phi) is 11.9. The highest BCUT2D eigenvalue weighted by molar-refractivity contribution is 6.00. The zero-order valence-corrected chi connectivity index (χ0v) is 26.1. The molecule has 1 saturated heterocycles. The Hall–Kier alpha value is -3.80. The Bertz CT molecular complexity index is 1300. The summed E-state index contributed by atoms with van der Waals surface area (Å²) in [5, 5.41) is 12.5. The van der Waals surface area contributed by atoms with E-state index in [1.54, 1.807) is 34.8 Å². The third-order valence-electron chi connectivity index (χ3n) is 8.66. The highest BCUT2D eigenvalue weighted by Gasteiger charge is 2.30. The topological polar surface area (TPSA) is 129 Å². The number of carbonyl (C=O) groups excluding carboxylic acids is 4. The van der Waals surface area contributed by atoms with Crippen LogP contribution in [-0.4, -0.2) is 88.5 Å². The molecule has 1 saturated carbocycles. The summed E-state index contributed by atoms with van der Waals surface area (Å²) < 4.78 is 17.0. The van der Waals surface area contributed by atoms with Gasteiger partial charge in [0.25, 0.3) is 5.91 Å². The van der Waals surface area contributed by atoms with Gasteiger partial charge < -0.3 is 25.8 Å². The number of hydrogen-bond donors (Lipinski definition) is 3. The van der Waals surface area contributed by atoms with E-state index >= 15 is 4.39 Å². The van der Waals surface area contributed by atoms with Crippen LogP contribution in [0.25, 0.3) is 0 Å². The fourth-order valence-electron chi connectivity index (χ4n) is 5.98. The van der Waals surface area contributed by atoms with Crippen LogP contribution in [0.4, 0.5) is 10.1 Å². The summed E-state index contributed by atoms with van der Waals surface area (Å²) in [5.74, 6) is -1.71. The van der Waals surface area contributed by atoms with Crippen molar-refractivity contribution in [2.24, 2.45) is 5.92 Å². The molecule has 2 fully saturated rings. The molecule has 2 aliphatic rings. The average molecular weight is 612 g/mol. The molecule has 12 heteroatoms. The van der Waals surface area contributed by atoms with E-state index in [-0.39, 0.29) is 36.3 Å². The number of carbonyl (C=O) groups is 4. The van der Waals surface area contributed by atoms with Gasteiger partial charge >= 0.3 is 0 Å². The molecule has 44 heavy (non-hydrogen) atoms. The zero-order chi connectivity index (χ0) is 31.6. The smallest absolute Gasteiger partial charge is 0.270 e. The molecule has 0 radical (unpaired) electrons. The second-order valence-corrected chi connectivity index (χ2v) is 11.9. The molecule has 1 aromatic heterocycles. The van der Waals surface area contributed by atoms with Crippen molar-refractivity contribution < 1.29 is 23.6 Å².